The van der Waals surface area contributed by atoms with Crippen LogP contribution in [0.4, 0.5) is 10.9 Å². The van der Waals surface area contributed by atoms with Crippen LogP contribution in [0.5, 0.6) is 11.5 Å². The van der Waals surface area contributed by atoms with Crippen molar-refractivity contribution in [3.63, 3.8) is 0 Å². The number of nitrogens with one attached hydrogen (secondary N) is 2. The van der Waals surface area contributed by atoms with Gasteiger partial charge in [0.05, 0.1) is 11.4 Å². The summed E-state index contributed by atoms with van der Waals surface area (Å²) in [5.74, 6) is 2.26. The van der Waals surface area contributed by atoms with Crippen LogP contribution < -0.4 is 15.4 Å². The highest BCUT2D eigenvalue weighted by atomic mass is 35.5. The summed E-state index contributed by atoms with van der Waals surface area (Å²) in [5, 5.41) is 8.98. The van der Waals surface area contributed by atoms with Crippen LogP contribution in [0, 0.1) is 6.92 Å². The SMILES string of the molecule is Cc1csc(Nc2ncc(SCC(=O)NCCN3CCCC3)cc2Oc2ccccc2)n1.Cl.Cl. The number of carbonyl (C=O) groups is 1. The average molecular weight is 543 g/mol. The first kappa shape index (κ1) is 28.2. The van der Waals surface area contributed by atoms with Crippen molar-refractivity contribution in [1.29, 1.82) is 0 Å². The van der Waals surface area contributed by atoms with E-state index >= 15 is 0 Å². The Bertz CT molecular complexity index is 1030. The van der Waals surface area contributed by atoms with Crippen molar-refractivity contribution in [2.24, 2.45) is 0 Å². The number of halogens is 2. The van der Waals surface area contributed by atoms with Crippen LogP contribution in [-0.2, 0) is 4.79 Å². The van der Waals surface area contributed by atoms with Gasteiger partial charge in [-0.05, 0) is 51.1 Å². The molecular formula is C23H29Cl2N5O2S2. The minimum absolute atomic E-state index is 0. The molecule has 0 unspecified atom stereocenters. The molecule has 184 valence electrons. The van der Waals surface area contributed by atoms with Crippen molar-refractivity contribution < 1.29 is 9.53 Å². The second kappa shape index (κ2) is 14.4. The molecule has 1 aliphatic heterocycles. The van der Waals surface area contributed by atoms with Crippen molar-refractivity contribution in [2.45, 2.75) is 24.7 Å². The highest BCUT2D eigenvalue weighted by Crippen LogP contribution is 2.34. The average Bonchev–Trinajstić information content (AvgIpc) is 3.46. The summed E-state index contributed by atoms with van der Waals surface area (Å²) >= 11 is 2.96. The number of ether oxygens (including phenoxy) is 1. The number of hydrogen-bond donors (Lipinski definition) is 2. The summed E-state index contributed by atoms with van der Waals surface area (Å²) < 4.78 is 6.09. The molecule has 11 heteroatoms. The van der Waals surface area contributed by atoms with Crippen LogP contribution in [0.3, 0.4) is 0 Å². The van der Waals surface area contributed by atoms with Crippen molar-refractivity contribution >= 4 is 64.8 Å². The molecule has 3 aromatic rings. The number of aryl methyl sites for hydroxylation is 1. The summed E-state index contributed by atoms with van der Waals surface area (Å²) in [6.45, 7) is 5.84. The maximum atomic E-state index is 12.3. The molecule has 1 amide bonds. The van der Waals surface area contributed by atoms with Gasteiger partial charge < -0.3 is 20.3 Å². The van der Waals surface area contributed by atoms with E-state index in [4.69, 9.17) is 4.74 Å². The van der Waals surface area contributed by atoms with Gasteiger partial charge in [0.25, 0.3) is 0 Å². The molecule has 0 atom stereocenters. The fourth-order valence-electron chi connectivity index (χ4n) is 3.36. The number of aromatic nitrogens is 2. The molecule has 0 aliphatic carbocycles. The predicted octanol–water partition coefficient (Wildman–Crippen LogP) is 5.53. The summed E-state index contributed by atoms with van der Waals surface area (Å²) in [6, 6.07) is 11.5. The smallest absolute Gasteiger partial charge is 0.230 e. The number of anilines is 2. The molecule has 1 aliphatic rings. The Morgan fingerprint density at radius 1 is 1.21 bits per heavy atom. The standard InChI is InChI=1S/C23H27N5O2S2.2ClH/c1-17-15-32-23(26-17)27-22-20(30-18-7-3-2-4-8-18)13-19(14-25-22)31-16-21(29)24-9-12-28-10-5-6-11-28;;/h2-4,7-8,13-15H,5-6,9-12,16H2,1H3,(H,24,29)(H,25,26,27);2*1H. The zero-order valence-electron chi connectivity index (χ0n) is 18.9. The van der Waals surface area contributed by atoms with Crippen LogP contribution in [0.1, 0.15) is 18.5 Å². The third-order valence-corrected chi connectivity index (χ3v) is 6.80. The van der Waals surface area contributed by atoms with Crippen molar-refractivity contribution in [2.75, 3.05) is 37.2 Å². The molecule has 1 saturated heterocycles. The van der Waals surface area contributed by atoms with Gasteiger partial charge in [-0.25, -0.2) is 9.97 Å². The molecule has 1 aromatic carbocycles. The molecule has 7 nitrogen and oxygen atoms in total. The number of para-hydroxylation sites is 1. The van der Waals surface area contributed by atoms with Crippen LogP contribution >= 0.6 is 47.9 Å². The summed E-state index contributed by atoms with van der Waals surface area (Å²) in [4.78, 5) is 24.5. The quantitative estimate of drug-likeness (QED) is 0.326. The first-order valence-electron chi connectivity index (χ1n) is 10.7. The maximum Gasteiger partial charge on any atom is 0.230 e. The number of benzene rings is 1. The van der Waals surface area contributed by atoms with E-state index in [0.717, 1.165) is 41.1 Å². The lowest BCUT2D eigenvalue weighted by molar-refractivity contribution is -0.118. The van der Waals surface area contributed by atoms with Gasteiger partial charge in [-0.2, -0.15) is 0 Å². The Morgan fingerprint density at radius 3 is 2.68 bits per heavy atom. The van der Waals surface area contributed by atoms with Gasteiger partial charge in [-0.1, -0.05) is 18.2 Å². The minimum atomic E-state index is 0. The Balaban J connectivity index is 0.00000204. The normalized spacial score (nSPS) is 13.0. The van der Waals surface area contributed by atoms with Gasteiger partial charge in [0, 0.05) is 29.6 Å². The lowest BCUT2D eigenvalue weighted by Gasteiger charge is -2.15. The molecule has 0 radical (unpaired) electrons. The van der Waals surface area contributed by atoms with Gasteiger partial charge in [0.2, 0.25) is 5.91 Å². The molecule has 34 heavy (non-hydrogen) atoms. The number of nitrogens with zero attached hydrogens (tertiary/aromatic N) is 3. The number of likely N-dealkylation sites (tertiary alicyclic amines) is 1. The first-order chi connectivity index (χ1) is 15.7. The van der Waals surface area contributed by atoms with E-state index in [-0.39, 0.29) is 30.7 Å². The second-order valence-corrected chi connectivity index (χ2v) is 9.45. The minimum Gasteiger partial charge on any atom is -0.453 e. The number of pyridine rings is 1. The molecule has 0 bridgehead atoms. The van der Waals surface area contributed by atoms with Gasteiger partial charge in [-0.15, -0.1) is 47.9 Å². The third-order valence-electron chi connectivity index (χ3n) is 4.96. The largest absolute Gasteiger partial charge is 0.453 e. The Labute approximate surface area is 220 Å². The van der Waals surface area contributed by atoms with Crippen LogP contribution in [0.25, 0.3) is 0 Å². The van der Waals surface area contributed by atoms with Gasteiger partial charge >= 0.3 is 0 Å². The molecule has 1 fully saturated rings. The number of thioether (sulfide) groups is 1. The summed E-state index contributed by atoms with van der Waals surface area (Å²) in [6.07, 6.45) is 4.28. The zero-order chi connectivity index (χ0) is 22.2. The highest BCUT2D eigenvalue weighted by Gasteiger charge is 2.13. The zero-order valence-corrected chi connectivity index (χ0v) is 22.1. The second-order valence-electron chi connectivity index (χ2n) is 7.54. The number of rotatable bonds is 10. The number of hydrogen-bond acceptors (Lipinski definition) is 8. The predicted molar refractivity (Wildman–Crippen MR) is 145 cm³/mol. The monoisotopic (exact) mass is 541 g/mol. The molecule has 4 rings (SSSR count). The van der Waals surface area contributed by atoms with E-state index in [1.807, 2.05) is 48.7 Å². The van der Waals surface area contributed by atoms with Crippen LogP contribution in [0.2, 0.25) is 0 Å². The van der Waals surface area contributed by atoms with Crippen molar-refractivity contribution in [3.05, 3.63) is 53.7 Å². The van der Waals surface area contributed by atoms with E-state index in [2.05, 4.69) is 25.5 Å². The van der Waals surface area contributed by atoms with Gasteiger partial charge in [-0.3, -0.25) is 4.79 Å². The molecule has 2 aromatic heterocycles. The van der Waals surface area contributed by atoms with E-state index in [1.165, 1.54) is 35.9 Å². The Hall–Kier alpha value is -2.04. The summed E-state index contributed by atoms with van der Waals surface area (Å²) in [5.41, 5.74) is 0.950. The highest BCUT2D eigenvalue weighted by molar-refractivity contribution is 8.00. The molecule has 2 N–H and O–H groups in total. The third kappa shape index (κ3) is 8.63. The number of amides is 1. The lowest BCUT2D eigenvalue weighted by atomic mass is 10.3. The number of thiazole rings is 1. The first-order valence-corrected chi connectivity index (χ1v) is 12.6. The molecule has 3 heterocycles. The van der Waals surface area contributed by atoms with Gasteiger partial charge in [0.15, 0.2) is 16.7 Å². The van der Waals surface area contributed by atoms with E-state index in [0.29, 0.717) is 23.9 Å². The fourth-order valence-corrected chi connectivity index (χ4v) is 4.77. The van der Waals surface area contributed by atoms with E-state index < -0.39 is 0 Å². The van der Waals surface area contributed by atoms with Gasteiger partial charge in [0.1, 0.15) is 5.75 Å². The molecule has 0 saturated carbocycles. The lowest BCUT2D eigenvalue weighted by Crippen LogP contribution is -2.34. The van der Waals surface area contributed by atoms with E-state index in [1.54, 1.807) is 6.20 Å². The van der Waals surface area contributed by atoms with Crippen molar-refractivity contribution in [3.8, 4) is 11.5 Å². The fraction of sp³-hybridized carbons (Fsp3) is 0.348. The molecule has 0 spiro atoms. The van der Waals surface area contributed by atoms with Crippen LogP contribution in [0.15, 0.2) is 52.9 Å². The summed E-state index contributed by atoms with van der Waals surface area (Å²) in [7, 11) is 0. The Morgan fingerprint density at radius 2 is 1.97 bits per heavy atom. The maximum absolute atomic E-state index is 12.3. The van der Waals surface area contributed by atoms with E-state index in [9.17, 15) is 4.79 Å². The topological polar surface area (TPSA) is 79.4 Å². The Kier molecular flexibility index (Phi) is 11.9. The molecular weight excluding hydrogens is 513 g/mol. The van der Waals surface area contributed by atoms with Crippen molar-refractivity contribution in [1.82, 2.24) is 20.2 Å². The van der Waals surface area contributed by atoms with Crippen LogP contribution in [-0.4, -0.2) is 52.7 Å². The number of carbonyl (C=O) groups excluding carboxylic acids is 1.